The van der Waals surface area contributed by atoms with Gasteiger partial charge in [0.1, 0.15) is 11.6 Å². The normalized spacial score (nSPS) is 11.8. The highest BCUT2D eigenvalue weighted by Gasteiger charge is 2.09. The molecule has 0 radical (unpaired) electrons. The second kappa shape index (κ2) is 6.83. The van der Waals surface area contributed by atoms with Gasteiger partial charge in [-0.2, -0.15) is 0 Å². The van der Waals surface area contributed by atoms with Crippen LogP contribution in [0.5, 0.6) is 0 Å². The molecule has 0 saturated carbocycles. The zero-order valence-electron chi connectivity index (χ0n) is 11.6. The lowest BCUT2D eigenvalue weighted by molar-refractivity contribution is -0.120. The summed E-state index contributed by atoms with van der Waals surface area (Å²) in [7, 11) is 0. The molecule has 0 aromatic heterocycles. The molecular formula is C16H16F2N2O. The number of nitrogens with one attached hydrogen (secondary N) is 2. The molecule has 0 aliphatic carbocycles. The maximum Gasteiger partial charge on any atom is 0.239 e. The summed E-state index contributed by atoms with van der Waals surface area (Å²) in [6.45, 7) is 1.85. The minimum absolute atomic E-state index is 0.0367. The molecule has 0 spiro atoms. The number of hydrogen-bond acceptors (Lipinski definition) is 2. The van der Waals surface area contributed by atoms with Crippen LogP contribution in [-0.2, 0) is 4.79 Å². The Morgan fingerprint density at radius 3 is 2.48 bits per heavy atom. The van der Waals surface area contributed by atoms with E-state index in [1.165, 1.54) is 24.3 Å². The van der Waals surface area contributed by atoms with Crippen molar-refractivity contribution in [1.29, 1.82) is 0 Å². The van der Waals surface area contributed by atoms with Gasteiger partial charge in [0, 0.05) is 5.69 Å². The highest BCUT2D eigenvalue weighted by atomic mass is 19.1. The molecule has 1 atom stereocenters. The highest BCUT2D eigenvalue weighted by molar-refractivity contribution is 5.81. The van der Waals surface area contributed by atoms with Crippen LogP contribution in [-0.4, -0.2) is 12.5 Å². The highest BCUT2D eigenvalue weighted by Crippen LogP contribution is 2.13. The first kappa shape index (κ1) is 15.0. The Bertz CT molecular complexity index is 614. The summed E-state index contributed by atoms with van der Waals surface area (Å²) in [6.07, 6.45) is 0. The molecule has 0 aliphatic rings. The molecule has 0 bridgehead atoms. The zero-order valence-corrected chi connectivity index (χ0v) is 11.6. The number of carbonyl (C=O) groups is 1. The molecule has 1 unspecified atom stereocenters. The Balaban J connectivity index is 1.85. The Morgan fingerprint density at radius 2 is 1.81 bits per heavy atom. The molecule has 0 heterocycles. The van der Waals surface area contributed by atoms with Gasteiger partial charge in [-0.15, -0.1) is 0 Å². The number of amides is 1. The molecule has 5 heteroatoms. The Morgan fingerprint density at radius 1 is 1.10 bits per heavy atom. The quantitative estimate of drug-likeness (QED) is 0.887. The number of carbonyl (C=O) groups excluding carboxylic acids is 1. The number of anilines is 1. The van der Waals surface area contributed by atoms with Gasteiger partial charge >= 0.3 is 0 Å². The van der Waals surface area contributed by atoms with E-state index in [1.807, 2.05) is 6.92 Å². The average Bonchev–Trinajstić information content (AvgIpc) is 2.46. The van der Waals surface area contributed by atoms with E-state index in [0.717, 1.165) is 5.56 Å². The summed E-state index contributed by atoms with van der Waals surface area (Å²) in [5, 5.41) is 5.62. The van der Waals surface area contributed by atoms with Crippen molar-refractivity contribution in [2.45, 2.75) is 13.0 Å². The second-order valence-corrected chi connectivity index (χ2v) is 4.70. The van der Waals surface area contributed by atoms with E-state index >= 15 is 0 Å². The average molecular weight is 290 g/mol. The SMILES string of the molecule is CC(NC(=O)CNc1cccc(F)c1)c1ccc(F)cc1. The van der Waals surface area contributed by atoms with Crippen LogP contribution in [0, 0.1) is 11.6 Å². The molecule has 110 valence electrons. The van der Waals surface area contributed by atoms with E-state index in [0.29, 0.717) is 5.69 Å². The summed E-state index contributed by atoms with van der Waals surface area (Å²) in [5.41, 5.74) is 1.36. The van der Waals surface area contributed by atoms with Gasteiger partial charge in [0.05, 0.1) is 12.6 Å². The van der Waals surface area contributed by atoms with Crippen LogP contribution in [0.3, 0.4) is 0 Å². The van der Waals surface area contributed by atoms with Crippen molar-refractivity contribution in [3.05, 3.63) is 65.7 Å². The van der Waals surface area contributed by atoms with Crippen LogP contribution in [0.1, 0.15) is 18.5 Å². The Kier molecular flexibility index (Phi) is 4.87. The molecule has 1 amide bonds. The third-order valence-electron chi connectivity index (χ3n) is 3.03. The largest absolute Gasteiger partial charge is 0.376 e. The standard InChI is InChI=1S/C16H16F2N2O/c1-11(12-5-7-13(17)8-6-12)20-16(21)10-19-15-4-2-3-14(18)9-15/h2-9,11,19H,10H2,1H3,(H,20,21). The molecule has 0 saturated heterocycles. The van der Waals surface area contributed by atoms with Crippen molar-refractivity contribution >= 4 is 11.6 Å². The van der Waals surface area contributed by atoms with Crippen molar-refractivity contribution in [2.75, 3.05) is 11.9 Å². The monoisotopic (exact) mass is 290 g/mol. The third-order valence-corrected chi connectivity index (χ3v) is 3.03. The fraction of sp³-hybridized carbons (Fsp3) is 0.188. The van der Waals surface area contributed by atoms with Crippen molar-refractivity contribution < 1.29 is 13.6 Å². The van der Waals surface area contributed by atoms with Crippen molar-refractivity contribution in [3.63, 3.8) is 0 Å². The number of halogens is 2. The molecule has 2 aromatic carbocycles. The van der Waals surface area contributed by atoms with Gasteiger partial charge in [0.25, 0.3) is 0 Å². The van der Waals surface area contributed by atoms with Gasteiger partial charge in [-0.3, -0.25) is 4.79 Å². The fourth-order valence-corrected chi connectivity index (χ4v) is 1.91. The summed E-state index contributed by atoms with van der Waals surface area (Å²) in [5.74, 6) is -0.902. The van der Waals surface area contributed by atoms with Crippen molar-refractivity contribution in [3.8, 4) is 0 Å². The van der Waals surface area contributed by atoms with Gasteiger partial charge in [-0.1, -0.05) is 18.2 Å². The maximum absolute atomic E-state index is 13.0. The third kappa shape index (κ3) is 4.56. The molecule has 21 heavy (non-hydrogen) atoms. The predicted octanol–water partition coefficient (Wildman–Crippen LogP) is 3.25. The van der Waals surface area contributed by atoms with Crippen molar-refractivity contribution in [1.82, 2.24) is 5.32 Å². The Labute approximate surface area is 122 Å². The van der Waals surface area contributed by atoms with Gasteiger partial charge in [-0.05, 0) is 42.8 Å². The van der Waals surface area contributed by atoms with Crippen LogP contribution in [0.25, 0.3) is 0 Å². The molecule has 0 aliphatic heterocycles. The van der Waals surface area contributed by atoms with Crippen LogP contribution in [0.15, 0.2) is 48.5 Å². The second-order valence-electron chi connectivity index (χ2n) is 4.70. The lowest BCUT2D eigenvalue weighted by Gasteiger charge is -2.15. The van der Waals surface area contributed by atoms with Crippen molar-refractivity contribution in [2.24, 2.45) is 0 Å². The summed E-state index contributed by atoms with van der Waals surface area (Å²) < 4.78 is 25.8. The van der Waals surface area contributed by atoms with E-state index in [-0.39, 0.29) is 30.1 Å². The summed E-state index contributed by atoms with van der Waals surface area (Å²) in [4.78, 5) is 11.8. The van der Waals surface area contributed by atoms with Crippen LogP contribution >= 0.6 is 0 Å². The molecule has 2 rings (SSSR count). The molecule has 2 aromatic rings. The summed E-state index contributed by atoms with van der Waals surface area (Å²) in [6, 6.07) is 11.6. The van der Waals surface area contributed by atoms with Crippen LogP contribution in [0.4, 0.5) is 14.5 Å². The van der Waals surface area contributed by atoms with Gasteiger partial charge in [0.15, 0.2) is 0 Å². The topological polar surface area (TPSA) is 41.1 Å². The zero-order chi connectivity index (χ0) is 15.2. The summed E-state index contributed by atoms with van der Waals surface area (Å²) >= 11 is 0. The van der Waals surface area contributed by atoms with E-state index in [2.05, 4.69) is 10.6 Å². The van der Waals surface area contributed by atoms with Crippen LogP contribution in [0.2, 0.25) is 0 Å². The molecule has 3 nitrogen and oxygen atoms in total. The Hall–Kier alpha value is -2.43. The minimum Gasteiger partial charge on any atom is -0.376 e. The number of rotatable bonds is 5. The smallest absolute Gasteiger partial charge is 0.239 e. The molecule has 0 fully saturated rings. The lowest BCUT2D eigenvalue weighted by Crippen LogP contribution is -2.32. The van der Waals surface area contributed by atoms with E-state index in [4.69, 9.17) is 0 Å². The number of hydrogen-bond donors (Lipinski definition) is 2. The molecule has 2 N–H and O–H groups in total. The van der Waals surface area contributed by atoms with Gasteiger partial charge in [0.2, 0.25) is 5.91 Å². The van der Waals surface area contributed by atoms with Gasteiger partial charge in [-0.25, -0.2) is 8.78 Å². The predicted molar refractivity (Wildman–Crippen MR) is 77.8 cm³/mol. The minimum atomic E-state index is -0.361. The van der Waals surface area contributed by atoms with Crippen LogP contribution < -0.4 is 10.6 Å². The lowest BCUT2D eigenvalue weighted by atomic mass is 10.1. The first-order chi connectivity index (χ1) is 10.0. The first-order valence-corrected chi connectivity index (χ1v) is 6.59. The van der Waals surface area contributed by atoms with E-state index < -0.39 is 0 Å². The fourth-order valence-electron chi connectivity index (χ4n) is 1.91. The van der Waals surface area contributed by atoms with Gasteiger partial charge < -0.3 is 10.6 Å². The maximum atomic E-state index is 13.0. The molecular weight excluding hydrogens is 274 g/mol. The first-order valence-electron chi connectivity index (χ1n) is 6.59. The number of benzene rings is 2. The van der Waals surface area contributed by atoms with E-state index in [1.54, 1.807) is 24.3 Å². The van der Waals surface area contributed by atoms with E-state index in [9.17, 15) is 13.6 Å².